The summed E-state index contributed by atoms with van der Waals surface area (Å²) in [5, 5.41) is 19.0. The molecule has 11 heteroatoms. The summed E-state index contributed by atoms with van der Waals surface area (Å²) in [6.07, 6.45) is 1.87. The van der Waals surface area contributed by atoms with E-state index in [1.54, 1.807) is 17.5 Å². The van der Waals surface area contributed by atoms with Crippen molar-refractivity contribution in [2.24, 2.45) is 5.14 Å². The lowest BCUT2D eigenvalue weighted by Gasteiger charge is -2.07. The minimum atomic E-state index is -3.75. The summed E-state index contributed by atoms with van der Waals surface area (Å²) in [4.78, 5) is 28.6. The van der Waals surface area contributed by atoms with Crippen LogP contribution in [0.1, 0.15) is 15.9 Å². The number of fused-ring (bicyclic) bond motifs is 1. The Morgan fingerprint density at radius 3 is 2.65 bits per heavy atom. The number of nitrogens with zero attached hydrogens (tertiary/aromatic N) is 2. The molecular weight excluding hydrogens is 380 g/mol. The molecule has 3 rings (SSSR count). The van der Waals surface area contributed by atoms with Crippen molar-refractivity contribution in [2.75, 3.05) is 6.54 Å². The van der Waals surface area contributed by atoms with Gasteiger partial charge in [0.2, 0.25) is 15.9 Å². The first-order chi connectivity index (χ1) is 12.3. The number of hydrogen-bond acceptors (Lipinski definition) is 7. The van der Waals surface area contributed by atoms with Gasteiger partial charge in [-0.05, 0) is 24.1 Å². The van der Waals surface area contributed by atoms with Crippen LogP contribution in [0, 0.1) is 0 Å². The van der Waals surface area contributed by atoms with E-state index in [0.717, 1.165) is 16.9 Å². The second-order valence-corrected chi connectivity index (χ2v) is 7.80. The van der Waals surface area contributed by atoms with Crippen molar-refractivity contribution in [3.8, 4) is 5.88 Å². The van der Waals surface area contributed by atoms with E-state index < -0.39 is 32.9 Å². The summed E-state index contributed by atoms with van der Waals surface area (Å²) < 4.78 is 23.6. The number of aromatic hydroxyl groups is 1. The number of rotatable bonds is 5. The van der Waals surface area contributed by atoms with E-state index in [9.17, 15) is 23.1 Å². The lowest BCUT2D eigenvalue weighted by Crippen LogP contribution is -2.32. The monoisotopic (exact) mass is 394 g/mol. The van der Waals surface area contributed by atoms with Gasteiger partial charge in [0.25, 0.3) is 11.5 Å². The van der Waals surface area contributed by atoms with Crippen LogP contribution in [0.15, 0.2) is 45.5 Å². The number of nitrogens with one attached hydrogen (secondary N) is 1. The van der Waals surface area contributed by atoms with Crippen molar-refractivity contribution in [1.82, 2.24) is 14.7 Å². The fourth-order valence-electron chi connectivity index (χ4n) is 2.32. The fourth-order valence-corrected chi connectivity index (χ4v) is 3.54. The summed E-state index contributed by atoms with van der Waals surface area (Å²) in [5.74, 6) is -1.35. The predicted molar refractivity (Wildman–Crippen MR) is 94.9 cm³/mol. The van der Waals surface area contributed by atoms with Crippen molar-refractivity contribution in [2.45, 2.75) is 11.3 Å². The van der Waals surface area contributed by atoms with Gasteiger partial charge >= 0.3 is 0 Å². The van der Waals surface area contributed by atoms with E-state index in [0.29, 0.717) is 11.4 Å². The number of thiazole rings is 1. The Hall–Kier alpha value is -2.76. The molecule has 136 valence electrons. The van der Waals surface area contributed by atoms with E-state index >= 15 is 0 Å². The van der Waals surface area contributed by atoms with Gasteiger partial charge in [0, 0.05) is 18.1 Å². The van der Waals surface area contributed by atoms with Gasteiger partial charge in [0.15, 0.2) is 10.5 Å². The van der Waals surface area contributed by atoms with Crippen molar-refractivity contribution < 1.29 is 18.3 Å². The van der Waals surface area contributed by atoms with Gasteiger partial charge in [-0.15, -0.1) is 11.3 Å². The number of aromatic nitrogens is 2. The molecule has 2 heterocycles. The third kappa shape index (κ3) is 3.59. The SMILES string of the molecule is NS(=O)(=O)c1ccc(CCNC(=O)c2c(O)nc3sccn3c2=O)cc1. The lowest BCUT2D eigenvalue weighted by molar-refractivity contribution is 0.0949. The highest BCUT2D eigenvalue weighted by Gasteiger charge is 2.19. The van der Waals surface area contributed by atoms with Crippen LogP contribution in [-0.4, -0.2) is 35.4 Å². The summed E-state index contributed by atoms with van der Waals surface area (Å²) in [5.41, 5.74) is -0.306. The van der Waals surface area contributed by atoms with Crippen molar-refractivity contribution in [3.05, 3.63) is 57.3 Å². The first kappa shape index (κ1) is 18.0. The third-order valence-electron chi connectivity index (χ3n) is 3.63. The quantitative estimate of drug-likeness (QED) is 0.559. The van der Waals surface area contributed by atoms with Crippen LogP contribution in [-0.2, 0) is 16.4 Å². The minimum absolute atomic E-state index is 0.00151. The van der Waals surface area contributed by atoms with Crippen LogP contribution in [0.4, 0.5) is 0 Å². The topological polar surface area (TPSA) is 144 Å². The van der Waals surface area contributed by atoms with Gasteiger partial charge in [-0.3, -0.25) is 14.0 Å². The largest absolute Gasteiger partial charge is 0.492 e. The highest BCUT2D eigenvalue weighted by molar-refractivity contribution is 7.89. The zero-order chi connectivity index (χ0) is 18.9. The molecule has 26 heavy (non-hydrogen) atoms. The number of primary sulfonamides is 1. The summed E-state index contributed by atoms with van der Waals surface area (Å²) >= 11 is 1.16. The van der Waals surface area contributed by atoms with Gasteiger partial charge < -0.3 is 10.4 Å². The number of hydrogen-bond donors (Lipinski definition) is 3. The maximum atomic E-state index is 12.3. The molecule has 1 aromatic carbocycles. The molecule has 0 unspecified atom stereocenters. The standard InChI is InChI=1S/C15H14N4O5S2/c16-26(23,24)10-3-1-9(2-4-10)5-6-17-12(20)11-13(21)18-15-19(14(11)22)7-8-25-15/h1-4,7-8,21H,5-6H2,(H,17,20)(H2,16,23,24). The highest BCUT2D eigenvalue weighted by atomic mass is 32.2. The molecule has 0 aliphatic heterocycles. The summed E-state index contributed by atoms with van der Waals surface area (Å²) in [7, 11) is -3.75. The predicted octanol–water partition coefficient (Wildman–Crippen LogP) is 0.0815. The Balaban J connectivity index is 1.69. The molecule has 0 saturated heterocycles. The van der Waals surface area contributed by atoms with Crippen molar-refractivity contribution in [1.29, 1.82) is 0 Å². The number of sulfonamides is 1. The van der Waals surface area contributed by atoms with Crippen LogP contribution in [0.25, 0.3) is 4.96 Å². The van der Waals surface area contributed by atoms with Gasteiger partial charge in [-0.25, -0.2) is 13.6 Å². The molecule has 0 bridgehead atoms. The lowest BCUT2D eigenvalue weighted by atomic mass is 10.1. The molecule has 0 aliphatic carbocycles. The van der Waals surface area contributed by atoms with Crippen LogP contribution >= 0.6 is 11.3 Å². The van der Waals surface area contributed by atoms with Crippen molar-refractivity contribution in [3.63, 3.8) is 0 Å². The zero-order valence-corrected chi connectivity index (χ0v) is 14.9. The van der Waals surface area contributed by atoms with Crippen LogP contribution in [0.3, 0.4) is 0 Å². The van der Waals surface area contributed by atoms with E-state index in [1.165, 1.54) is 22.7 Å². The average molecular weight is 394 g/mol. The maximum absolute atomic E-state index is 12.3. The van der Waals surface area contributed by atoms with Gasteiger partial charge in [0.05, 0.1) is 4.90 Å². The molecular formula is C15H14N4O5S2. The number of amides is 1. The zero-order valence-electron chi connectivity index (χ0n) is 13.2. The second-order valence-electron chi connectivity index (χ2n) is 5.37. The molecule has 3 aromatic rings. The van der Waals surface area contributed by atoms with E-state index in [2.05, 4.69) is 10.3 Å². The van der Waals surface area contributed by atoms with Crippen LogP contribution in [0.2, 0.25) is 0 Å². The number of benzene rings is 1. The van der Waals surface area contributed by atoms with Crippen molar-refractivity contribution >= 4 is 32.2 Å². The molecule has 0 spiro atoms. The fraction of sp³-hybridized carbons (Fsp3) is 0.133. The second kappa shape index (κ2) is 6.86. The molecule has 2 aromatic heterocycles. The molecule has 9 nitrogen and oxygen atoms in total. The third-order valence-corrected chi connectivity index (χ3v) is 5.31. The van der Waals surface area contributed by atoms with E-state index in [-0.39, 0.29) is 11.4 Å². The Labute approximate surface area is 151 Å². The molecule has 0 atom stereocenters. The van der Waals surface area contributed by atoms with Crippen LogP contribution < -0.4 is 16.0 Å². The average Bonchev–Trinajstić information content (AvgIpc) is 3.03. The Morgan fingerprint density at radius 1 is 1.31 bits per heavy atom. The first-order valence-corrected chi connectivity index (χ1v) is 9.79. The highest BCUT2D eigenvalue weighted by Crippen LogP contribution is 2.14. The van der Waals surface area contributed by atoms with Crippen LogP contribution in [0.5, 0.6) is 5.88 Å². The Kier molecular flexibility index (Phi) is 4.76. The molecule has 1 amide bonds. The Morgan fingerprint density at radius 2 is 2.00 bits per heavy atom. The number of carbonyl (C=O) groups is 1. The van der Waals surface area contributed by atoms with Gasteiger partial charge in [0.1, 0.15) is 0 Å². The normalized spacial score (nSPS) is 11.6. The van der Waals surface area contributed by atoms with Gasteiger partial charge in [-0.2, -0.15) is 4.98 Å². The molecule has 0 aliphatic rings. The minimum Gasteiger partial charge on any atom is -0.492 e. The van der Waals surface area contributed by atoms with E-state index in [4.69, 9.17) is 5.14 Å². The summed E-state index contributed by atoms with van der Waals surface area (Å²) in [6.45, 7) is 0.179. The number of carbonyl (C=O) groups excluding carboxylic acids is 1. The molecule has 0 saturated carbocycles. The number of nitrogens with two attached hydrogens (primary N) is 1. The molecule has 0 fully saturated rings. The Bertz CT molecular complexity index is 1130. The van der Waals surface area contributed by atoms with Gasteiger partial charge in [-0.1, -0.05) is 12.1 Å². The maximum Gasteiger partial charge on any atom is 0.275 e. The molecule has 4 N–H and O–H groups in total. The first-order valence-electron chi connectivity index (χ1n) is 7.36. The smallest absolute Gasteiger partial charge is 0.275 e. The van der Waals surface area contributed by atoms with E-state index in [1.807, 2.05) is 0 Å². The molecule has 0 radical (unpaired) electrons. The summed E-state index contributed by atoms with van der Waals surface area (Å²) in [6, 6.07) is 5.91.